The van der Waals surface area contributed by atoms with Crippen LogP contribution in [0.4, 0.5) is 0 Å². The zero-order chi connectivity index (χ0) is 8.48. The maximum absolute atomic E-state index is 8.66. The van der Waals surface area contributed by atoms with E-state index in [1.807, 2.05) is 20.8 Å². The van der Waals surface area contributed by atoms with Crippen molar-refractivity contribution >= 4 is 0 Å². The van der Waals surface area contributed by atoms with E-state index in [0.717, 1.165) is 5.69 Å². The second-order valence-electron chi connectivity index (χ2n) is 3.52. The Morgan fingerprint density at radius 2 is 2.18 bits per heavy atom. The monoisotopic (exact) mass is 149 g/mol. The van der Waals surface area contributed by atoms with Gasteiger partial charge in [-0.3, -0.25) is 5.10 Å². The molecule has 1 rings (SSSR count). The molecule has 0 atom stereocenters. The molecule has 1 aromatic heterocycles. The van der Waals surface area contributed by atoms with Crippen LogP contribution >= 0.6 is 0 Å². The maximum atomic E-state index is 8.66. The zero-order valence-corrected chi connectivity index (χ0v) is 6.97. The van der Waals surface area contributed by atoms with Gasteiger partial charge in [0.15, 0.2) is 0 Å². The number of nitrogens with one attached hydrogen (secondary N) is 1. The first-order chi connectivity index (χ1) is 5.05. The molecule has 3 nitrogen and oxygen atoms in total. The largest absolute Gasteiger partial charge is 0.281 e. The van der Waals surface area contributed by atoms with Crippen LogP contribution in [0.15, 0.2) is 6.20 Å². The van der Waals surface area contributed by atoms with Crippen molar-refractivity contribution in [3.63, 3.8) is 0 Å². The summed E-state index contributed by atoms with van der Waals surface area (Å²) < 4.78 is 0. The van der Waals surface area contributed by atoms with Gasteiger partial charge in [-0.1, -0.05) is 20.8 Å². The first-order valence-corrected chi connectivity index (χ1v) is 3.49. The van der Waals surface area contributed by atoms with Crippen molar-refractivity contribution in [3.8, 4) is 6.07 Å². The highest BCUT2D eigenvalue weighted by Crippen LogP contribution is 2.22. The van der Waals surface area contributed by atoms with Crippen molar-refractivity contribution in [2.24, 2.45) is 0 Å². The molecule has 0 saturated heterocycles. The van der Waals surface area contributed by atoms with Crippen molar-refractivity contribution in [2.75, 3.05) is 0 Å². The minimum atomic E-state index is -0.0262. The fraction of sp³-hybridized carbons (Fsp3) is 0.500. The first kappa shape index (κ1) is 7.80. The summed E-state index contributed by atoms with van der Waals surface area (Å²) in [6.45, 7) is 6.13. The van der Waals surface area contributed by atoms with Crippen LogP contribution in [0.3, 0.4) is 0 Å². The van der Waals surface area contributed by atoms with Gasteiger partial charge in [0.2, 0.25) is 0 Å². The van der Waals surface area contributed by atoms with Crippen LogP contribution in [-0.4, -0.2) is 10.2 Å². The fourth-order valence-electron chi connectivity index (χ4n) is 0.943. The van der Waals surface area contributed by atoms with Gasteiger partial charge in [-0.15, -0.1) is 0 Å². The highest BCUT2D eigenvalue weighted by Gasteiger charge is 2.19. The Hall–Kier alpha value is -1.30. The number of hydrogen-bond donors (Lipinski definition) is 1. The molecule has 1 heterocycles. The van der Waals surface area contributed by atoms with E-state index in [9.17, 15) is 0 Å². The SMILES string of the molecule is CC(C)(C)c1[nH]ncc1C#N. The molecule has 1 N–H and O–H groups in total. The van der Waals surface area contributed by atoms with Crippen LogP contribution in [0.2, 0.25) is 0 Å². The molecule has 1 aromatic rings. The number of H-pyrrole nitrogens is 1. The molecule has 0 fully saturated rings. The number of nitriles is 1. The van der Waals surface area contributed by atoms with Crippen LogP contribution < -0.4 is 0 Å². The lowest BCUT2D eigenvalue weighted by molar-refractivity contribution is 0.565. The molecule has 58 valence electrons. The molecule has 0 amide bonds. The third-order valence-corrected chi connectivity index (χ3v) is 1.51. The molecule has 0 aromatic carbocycles. The second-order valence-corrected chi connectivity index (χ2v) is 3.52. The van der Waals surface area contributed by atoms with Crippen LogP contribution in [0.25, 0.3) is 0 Å². The number of aromatic nitrogens is 2. The Balaban J connectivity index is 3.15. The zero-order valence-electron chi connectivity index (χ0n) is 6.97. The van der Waals surface area contributed by atoms with E-state index in [4.69, 9.17) is 5.26 Å². The average molecular weight is 149 g/mol. The maximum Gasteiger partial charge on any atom is 0.103 e. The number of nitrogens with zero attached hydrogens (tertiary/aromatic N) is 2. The van der Waals surface area contributed by atoms with E-state index in [-0.39, 0.29) is 5.41 Å². The van der Waals surface area contributed by atoms with Crippen molar-refractivity contribution in [3.05, 3.63) is 17.5 Å². The molecule has 0 saturated carbocycles. The molecular formula is C8H11N3. The Labute approximate surface area is 66.0 Å². The highest BCUT2D eigenvalue weighted by molar-refractivity contribution is 5.34. The van der Waals surface area contributed by atoms with Crippen molar-refractivity contribution in [1.82, 2.24) is 10.2 Å². The smallest absolute Gasteiger partial charge is 0.103 e. The summed E-state index contributed by atoms with van der Waals surface area (Å²) in [6, 6.07) is 2.09. The summed E-state index contributed by atoms with van der Waals surface area (Å²) in [5.41, 5.74) is 1.51. The Bertz CT molecular complexity index is 285. The van der Waals surface area contributed by atoms with Gasteiger partial charge in [0, 0.05) is 5.41 Å². The fourth-order valence-corrected chi connectivity index (χ4v) is 0.943. The number of rotatable bonds is 0. The molecule has 3 heteroatoms. The van der Waals surface area contributed by atoms with Crippen LogP contribution in [0.5, 0.6) is 0 Å². The van der Waals surface area contributed by atoms with Gasteiger partial charge in [-0.25, -0.2) is 0 Å². The third-order valence-electron chi connectivity index (χ3n) is 1.51. The summed E-state index contributed by atoms with van der Waals surface area (Å²) in [5.74, 6) is 0. The normalized spacial score (nSPS) is 11.1. The van der Waals surface area contributed by atoms with E-state index in [1.165, 1.54) is 0 Å². The van der Waals surface area contributed by atoms with E-state index >= 15 is 0 Å². The lowest BCUT2D eigenvalue weighted by Gasteiger charge is -2.15. The van der Waals surface area contributed by atoms with Gasteiger partial charge >= 0.3 is 0 Å². The predicted octanol–water partition coefficient (Wildman–Crippen LogP) is 1.58. The third kappa shape index (κ3) is 1.40. The molecule has 0 bridgehead atoms. The Morgan fingerprint density at radius 1 is 1.55 bits per heavy atom. The average Bonchev–Trinajstić information content (AvgIpc) is 2.31. The molecule has 0 spiro atoms. The molecular weight excluding hydrogens is 138 g/mol. The van der Waals surface area contributed by atoms with Gasteiger partial charge in [0.1, 0.15) is 6.07 Å². The van der Waals surface area contributed by atoms with Crippen LogP contribution in [0.1, 0.15) is 32.0 Å². The highest BCUT2D eigenvalue weighted by atomic mass is 15.1. The van der Waals surface area contributed by atoms with Gasteiger partial charge in [0.25, 0.3) is 0 Å². The minimum absolute atomic E-state index is 0.0262. The van der Waals surface area contributed by atoms with E-state index in [2.05, 4.69) is 16.3 Å². The lowest BCUT2D eigenvalue weighted by Crippen LogP contribution is -2.13. The summed E-state index contributed by atoms with van der Waals surface area (Å²) in [7, 11) is 0. The molecule has 0 aliphatic rings. The van der Waals surface area contributed by atoms with Gasteiger partial charge in [-0.2, -0.15) is 10.4 Å². The first-order valence-electron chi connectivity index (χ1n) is 3.49. The standard InChI is InChI=1S/C8H11N3/c1-8(2,3)7-6(4-9)5-10-11-7/h5H,1-3H3,(H,10,11). The number of aromatic amines is 1. The molecule has 0 aliphatic heterocycles. The van der Waals surface area contributed by atoms with Crippen molar-refractivity contribution in [2.45, 2.75) is 26.2 Å². The molecule has 11 heavy (non-hydrogen) atoms. The van der Waals surface area contributed by atoms with E-state index < -0.39 is 0 Å². The predicted molar refractivity (Wildman–Crippen MR) is 42.0 cm³/mol. The van der Waals surface area contributed by atoms with Crippen molar-refractivity contribution < 1.29 is 0 Å². The Kier molecular flexibility index (Phi) is 1.69. The second kappa shape index (κ2) is 2.39. The van der Waals surface area contributed by atoms with Gasteiger partial charge < -0.3 is 0 Å². The summed E-state index contributed by atoms with van der Waals surface area (Å²) in [5, 5.41) is 15.3. The Morgan fingerprint density at radius 3 is 2.55 bits per heavy atom. The summed E-state index contributed by atoms with van der Waals surface area (Å²) in [6.07, 6.45) is 1.56. The van der Waals surface area contributed by atoms with Crippen LogP contribution in [-0.2, 0) is 5.41 Å². The lowest BCUT2D eigenvalue weighted by atomic mass is 9.90. The van der Waals surface area contributed by atoms with E-state index in [0.29, 0.717) is 5.56 Å². The molecule has 0 aliphatic carbocycles. The summed E-state index contributed by atoms with van der Waals surface area (Å²) >= 11 is 0. The van der Waals surface area contributed by atoms with E-state index in [1.54, 1.807) is 6.20 Å². The molecule has 0 radical (unpaired) electrons. The summed E-state index contributed by atoms with van der Waals surface area (Å²) in [4.78, 5) is 0. The van der Waals surface area contributed by atoms with Gasteiger partial charge in [0.05, 0.1) is 17.5 Å². The topological polar surface area (TPSA) is 52.5 Å². The quantitative estimate of drug-likeness (QED) is 0.608. The minimum Gasteiger partial charge on any atom is -0.281 e. The molecule has 0 unspecified atom stereocenters. The van der Waals surface area contributed by atoms with Gasteiger partial charge in [-0.05, 0) is 0 Å². The van der Waals surface area contributed by atoms with Crippen molar-refractivity contribution in [1.29, 1.82) is 5.26 Å². The van der Waals surface area contributed by atoms with Crippen LogP contribution in [0, 0.1) is 11.3 Å². The number of hydrogen-bond acceptors (Lipinski definition) is 2.